The van der Waals surface area contributed by atoms with Crippen LogP contribution in [0.2, 0.25) is 0 Å². The van der Waals surface area contributed by atoms with E-state index < -0.39 is 10.0 Å². The maximum atomic E-state index is 12.6. The summed E-state index contributed by atoms with van der Waals surface area (Å²) in [5.41, 5.74) is 3.47. The number of benzene rings is 3. The van der Waals surface area contributed by atoms with Crippen LogP contribution in [0.25, 0.3) is 0 Å². The molecule has 0 aliphatic rings. The van der Waals surface area contributed by atoms with E-state index in [0.29, 0.717) is 11.4 Å². The van der Waals surface area contributed by atoms with Crippen molar-refractivity contribution in [1.29, 1.82) is 0 Å². The fraction of sp³-hybridized carbons (Fsp3) is 0.0952. The van der Waals surface area contributed by atoms with E-state index in [2.05, 4.69) is 10.0 Å². The van der Waals surface area contributed by atoms with Crippen molar-refractivity contribution >= 4 is 27.3 Å². The topological polar surface area (TPSA) is 75.3 Å². The Bertz CT molecular complexity index is 1080. The van der Waals surface area contributed by atoms with Gasteiger partial charge in [-0.1, -0.05) is 36.4 Å². The first kappa shape index (κ1) is 18.7. The SMILES string of the molecule is Cc1cccc(NC(=O)c2cccc(S(=O)(=O)Nc3ccccc3)c2)c1C. The molecule has 0 spiro atoms. The van der Waals surface area contributed by atoms with Crippen molar-refractivity contribution < 1.29 is 13.2 Å². The van der Waals surface area contributed by atoms with Gasteiger partial charge in [0.25, 0.3) is 15.9 Å². The van der Waals surface area contributed by atoms with Crippen molar-refractivity contribution in [1.82, 2.24) is 0 Å². The largest absolute Gasteiger partial charge is 0.322 e. The van der Waals surface area contributed by atoms with E-state index in [1.54, 1.807) is 42.5 Å². The second-order valence-electron chi connectivity index (χ2n) is 6.20. The Kier molecular flexibility index (Phi) is 5.28. The lowest BCUT2D eigenvalue weighted by molar-refractivity contribution is 0.102. The predicted octanol–water partition coefficient (Wildman–Crippen LogP) is 4.36. The molecule has 27 heavy (non-hydrogen) atoms. The van der Waals surface area contributed by atoms with E-state index in [0.717, 1.165) is 11.1 Å². The molecule has 0 atom stereocenters. The first-order valence-corrected chi connectivity index (χ1v) is 9.90. The highest BCUT2D eigenvalue weighted by Gasteiger charge is 2.17. The number of carbonyl (C=O) groups excluding carboxylic acids is 1. The molecule has 0 radical (unpaired) electrons. The molecule has 0 aliphatic carbocycles. The van der Waals surface area contributed by atoms with Gasteiger partial charge in [0.1, 0.15) is 0 Å². The maximum Gasteiger partial charge on any atom is 0.261 e. The van der Waals surface area contributed by atoms with Crippen LogP contribution in [0.15, 0.2) is 77.7 Å². The van der Waals surface area contributed by atoms with Crippen LogP contribution in [0.3, 0.4) is 0 Å². The lowest BCUT2D eigenvalue weighted by Gasteiger charge is -2.12. The number of anilines is 2. The first-order valence-electron chi connectivity index (χ1n) is 8.42. The molecular formula is C21H20N2O3S. The molecule has 0 aromatic heterocycles. The van der Waals surface area contributed by atoms with Crippen LogP contribution < -0.4 is 10.0 Å². The van der Waals surface area contributed by atoms with Crippen LogP contribution in [-0.2, 0) is 10.0 Å². The highest BCUT2D eigenvalue weighted by Crippen LogP contribution is 2.21. The first-order chi connectivity index (χ1) is 12.9. The van der Waals surface area contributed by atoms with Gasteiger partial charge < -0.3 is 5.32 Å². The quantitative estimate of drug-likeness (QED) is 0.691. The minimum Gasteiger partial charge on any atom is -0.322 e. The summed E-state index contributed by atoms with van der Waals surface area (Å²) in [7, 11) is -3.79. The third-order valence-electron chi connectivity index (χ3n) is 4.29. The van der Waals surface area contributed by atoms with E-state index >= 15 is 0 Å². The molecule has 0 saturated heterocycles. The summed E-state index contributed by atoms with van der Waals surface area (Å²) in [6.45, 7) is 3.89. The van der Waals surface area contributed by atoms with Crippen molar-refractivity contribution in [2.75, 3.05) is 10.0 Å². The normalized spacial score (nSPS) is 11.0. The molecule has 138 valence electrons. The van der Waals surface area contributed by atoms with E-state index in [4.69, 9.17) is 0 Å². The Balaban J connectivity index is 1.84. The van der Waals surface area contributed by atoms with Crippen molar-refractivity contribution in [3.05, 3.63) is 89.5 Å². The zero-order valence-corrected chi connectivity index (χ0v) is 15.9. The molecule has 0 aliphatic heterocycles. The Morgan fingerprint density at radius 2 is 1.56 bits per heavy atom. The monoisotopic (exact) mass is 380 g/mol. The van der Waals surface area contributed by atoms with Crippen LogP contribution in [0, 0.1) is 13.8 Å². The van der Waals surface area contributed by atoms with Gasteiger partial charge >= 0.3 is 0 Å². The fourth-order valence-electron chi connectivity index (χ4n) is 2.61. The molecule has 6 heteroatoms. The van der Waals surface area contributed by atoms with Gasteiger partial charge in [-0.15, -0.1) is 0 Å². The summed E-state index contributed by atoms with van der Waals surface area (Å²) in [5.74, 6) is -0.361. The molecule has 3 rings (SSSR count). The van der Waals surface area contributed by atoms with E-state index in [1.807, 2.05) is 32.0 Å². The van der Waals surface area contributed by atoms with Gasteiger partial charge in [0.05, 0.1) is 4.90 Å². The number of rotatable bonds is 5. The fourth-order valence-corrected chi connectivity index (χ4v) is 3.71. The lowest BCUT2D eigenvalue weighted by atomic mass is 10.1. The zero-order valence-electron chi connectivity index (χ0n) is 15.1. The number of para-hydroxylation sites is 1. The highest BCUT2D eigenvalue weighted by atomic mass is 32.2. The zero-order chi connectivity index (χ0) is 19.4. The Hall–Kier alpha value is -3.12. The molecule has 3 aromatic carbocycles. The number of amides is 1. The van der Waals surface area contributed by atoms with Gasteiger partial charge in [0, 0.05) is 16.9 Å². The van der Waals surface area contributed by atoms with Crippen LogP contribution in [0.5, 0.6) is 0 Å². The van der Waals surface area contributed by atoms with Crippen molar-refractivity contribution in [3.8, 4) is 0 Å². The molecule has 0 heterocycles. The summed E-state index contributed by atoms with van der Waals surface area (Å²) in [4.78, 5) is 12.6. The average Bonchev–Trinajstić information content (AvgIpc) is 2.66. The summed E-state index contributed by atoms with van der Waals surface area (Å²) in [6, 6.07) is 20.2. The average molecular weight is 380 g/mol. The lowest BCUT2D eigenvalue weighted by Crippen LogP contribution is -2.16. The van der Waals surface area contributed by atoms with E-state index in [1.165, 1.54) is 12.1 Å². The van der Waals surface area contributed by atoms with Gasteiger partial charge in [-0.3, -0.25) is 9.52 Å². The Labute approximate surface area is 159 Å². The molecule has 0 fully saturated rings. The second kappa shape index (κ2) is 7.63. The Morgan fingerprint density at radius 1 is 0.852 bits per heavy atom. The third kappa shape index (κ3) is 4.35. The molecule has 3 aromatic rings. The van der Waals surface area contributed by atoms with Crippen LogP contribution in [0.1, 0.15) is 21.5 Å². The summed E-state index contributed by atoms with van der Waals surface area (Å²) < 4.78 is 27.7. The number of carbonyl (C=O) groups is 1. The molecule has 1 amide bonds. The summed E-state index contributed by atoms with van der Waals surface area (Å²) in [5, 5.41) is 2.84. The smallest absolute Gasteiger partial charge is 0.261 e. The standard InChI is InChI=1S/C21H20N2O3S/c1-15-8-6-13-20(16(15)2)22-21(24)17-9-7-12-19(14-17)27(25,26)23-18-10-4-3-5-11-18/h3-14,23H,1-2H3,(H,22,24). The van der Waals surface area contributed by atoms with Crippen molar-refractivity contribution in [2.45, 2.75) is 18.7 Å². The van der Waals surface area contributed by atoms with Crippen LogP contribution >= 0.6 is 0 Å². The van der Waals surface area contributed by atoms with Gasteiger partial charge in [0.15, 0.2) is 0 Å². The Morgan fingerprint density at radius 3 is 2.30 bits per heavy atom. The molecule has 2 N–H and O–H groups in total. The van der Waals surface area contributed by atoms with Crippen LogP contribution in [0.4, 0.5) is 11.4 Å². The number of hydrogen-bond acceptors (Lipinski definition) is 3. The summed E-state index contributed by atoms with van der Waals surface area (Å²) >= 11 is 0. The highest BCUT2D eigenvalue weighted by molar-refractivity contribution is 7.92. The second-order valence-corrected chi connectivity index (χ2v) is 7.88. The minimum absolute atomic E-state index is 0.0277. The summed E-state index contributed by atoms with van der Waals surface area (Å²) in [6.07, 6.45) is 0. The van der Waals surface area contributed by atoms with Gasteiger partial charge in [-0.05, 0) is 61.4 Å². The number of nitrogens with one attached hydrogen (secondary N) is 2. The number of aryl methyl sites for hydroxylation is 1. The number of hydrogen-bond donors (Lipinski definition) is 2. The van der Waals surface area contributed by atoms with Gasteiger partial charge in [-0.2, -0.15) is 0 Å². The van der Waals surface area contributed by atoms with Crippen molar-refractivity contribution in [3.63, 3.8) is 0 Å². The van der Waals surface area contributed by atoms with Crippen molar-refractivity contribution in [2.24, 2.45) is 0 Å². The third-order valence-corrected chi connectivity index (χ3v) is 5.66. The van der Waals surface area contributed by atoms with Gasteiger partial charge in [0.2, 0.25) is 0 Å². The van der Waals surface area contributed by atoms with Gasteiger partial charge in [-0.25, -0.2) is 8.42 Å². The number of sulfonamides is 1. The molecular weight excluding hydrogens is 360 g/mol. The van der Waals surface area contributed by atoms with E-state index in [-0.39, 0.29) is 16.4 Å². The van der Waals surface area contributed by atoms with E-state index in [9.17, 15) is 13.2 Å². The molecule has 5 nitrogen and oxygen atoms in total. The maximum absolute atomic E-state index is 12.6. The molecule has 0 unspecified atom stereocenters. The van der Waals surface area contributed by atoms with Crippen LogP contribution in [-0.4, -0.2) is 14.3 Å². The molecule has 0 saturated carbocycles. The minimum atomic E-state index is -3.79. The predicted molar refractivity (Wildman–Crippen MR) is 108 cm³/mol. The molecule has 0 bridgehead atoms.